The van der Waals surface area contributed by atoms with E-state index < -0.39 is 0 Å². The largest absolute Gasteiger partial charge is 0.486 e. The van der Waals surface area contributed by atoms with Crippen LogP contribution in [-0.4, -0.2) is 70.7 Å². The van der Waals surface area contributed by atoms with Crippen molar-refractivity contribution in [1.29, 1.82) is 0 Å². The van der Waals surface area contributed by atoms with Crippen LogP contribution in [0.15, 0.2) is 43.0 Å². The average molecular weight is 494 g/mol. The fourth-order valence-corrected chi connectivity index (χ4v) is 3.82. The number of carbonyl (C=O) groups excluding carboxylic acids is 2. The standard InChI is InChI=1S/C25H31N7O4/c1-18-14-23(30-25(29-18)32-11-9-26-17-32)31(10-3-7-27-19(2)33)16-24(34)28-8-6-20-4-5-21-22(15-20)36-13-12-35-21/h4-5,9,11,14-15,17H,3,6-8,10,12-13,16H2,1-2H3,(H,27,33)(H,28,34). The van der Waals surface area contributed by atoms with E-state index in [0.717, 1.165) is 22.8 Å². The number of hydrogen-bond donors (Lipinski definition) is 2. The summed E-state index contributed by atoms with van der Waals surface area (Å²) in [4.78, 5) is 39.2. The number of nitrogens with one attached hydrogen (secondary N) is 2. The highest BCUT2D eigenvalue weighted by Crippen LogP contribution is 2.30. The number of aryl methyl sites for hydroxylation is 1. The first kappa shape index (κ1) is 25.0. The van der Waals surface area contributed by atoms with Crippen LogP contribution in [0, 0.1) is 6.92 Å². The van der Waals surface area contributed by atoms with Crippen molar-refractivity contribution in [2.24, 2.45) is 0 Å². The number of aromatic nitrogens is 4. The third-order valence-corrected chi connectivity index (χ3v) is 5.54. The molecule has 0 aliphatic carbocycles. The molecule has 2 N–H and O–H groups in total. The molecule has 11 nitrogen and oxygen atoms in total. The van der Waals surface area contributed by atoms with E-state index in [1.54, 1.807) is 23.3 Å². The number of ether oxygens (including phenoxy) is 2. The van der Waals surface area contributed by atoms with Crippen molar-refractivity contribution in [2.75, 3.05) is 44.3 Å². The number of hydrogen-bond acceptors (Lipinski definition) is 8. The monoisotopic (exact) mass is 493 g/mol. The molecule has 0 saturated carbocycles. The van der Waals surface area contributed by atoms with E-state index in [9.17, 15) is 9.59 Å². The van der Waals surface area contributed by atoms with Crippen molar-refractivity contribution in [3.05, 3.63) is 54.2 Å². The van der Waals surface area contributed by atoms with Gasteiger partial charge in [0.15, 0.2) is 11.5 Å². The van der Waals surface area contributed by atoms with Gasteiger partial charge in [-0.25, -0.2) is 9.97 Å². The Morgan fingerprint density at radius 3 is 2.69 bits per heavy atom. The summed E-state index contributed by atoms with van der Waals surface area (Å²) in [5.41, 5.74) is 1.83. The van der Waals surface area contributed by atoms with Crippen LogP contribution >= 0.6 is 0 Å². The lowest BCUT2D eigenvalue weighted by atomic mass is 10.1. The predicted octanol–water partition coefficient (Wildman–Crippen LogP) is 1.43. The highest BCUT2D eigenvalue weighted by atomic mass is 16.6. The van der Waals surface area contributed by atoms with Gasteiger partial charge in [-0.2, -0.15) is 4.98 Å². The maximum atomic E-state index is 12.9. The molecule has 0 bridgehead atoms. The van der Waals surface area contributed by atoms with E-state index in [1.165, 1.54) is 6.92 Å². The average Bonchev–Trinajstić information content (AvgIpc) is 3.40. The Morgan fingerprint density at radius 1 is 1.08 bits per heavy atom. The zero-order valence-electron chi connectivity index (χ0n) is 20.6. The SMILES string of the molecule is CC(=O)NCCCN(CC(=O)NCCc1ccc2c(c1)OCCO2)c1cc(C)nc(-n2ccnc2)n1. The molecule has 2 amide bonds. The molecular formula is C25H31N7O4. The van der Waals surface area contributed by atoms with Crippen molar-refractivity contribution < 1.29 is 19.1 Å². The molecule has 190 valence electrons. The molecule has 1 aliphatic rings. The summed E-state index contributed by atoms with van der Waals surface area (Å²) >= 11 is 0. The van der Waals surface area contributed by atoms with E-state index >= 15 is 0 Å². The minimum atomic E-state index is -0.118. The van der Waals surface area contributed by atoms with E-state index in [2.05, 4.69) is 25.6 Å². The molecule has 1 aromatic carbocycles. The van der Waals surface area contributed by atoms with Crippen molar-refractivity contribution in [3.63, 3.8) is 0 Å². The molecule has 11 heteroatoms. The number of amides is 2. The number of anilines is 1. The van der Waals surface area contributed by atoms with Gasteiger partial charge in [-0.05, 0) is 37.5 Å². The third-order valence-electron chi connectivity index (χ3n) is 5.54. The maximum absolute atomic E-state index is 12.9. The van der Waals surface area contributed by atoms with Crippen molar-refractivity contribution in [3.8, 4) is 17.4 Å². The summed E-state index contributed by atoms with van der Waals surface area (Å²) in [6, 6.07) is 7.69. The summed E-state index contributed by atoms with van der Waals surface area (Å²) in [6.07, 6.45) is 6.38. The Kier molecular flexibility index (Phi) is 8.32. The number of carbonyl (C=O) groups is 2. The summed E-state index contributed by atoms with van der Waals surface area (Å²) in [6.45, 7) is 6.12. The lowest BCUT2D eigenvalue weighted by Crippen LogP contribution is -2.40. The van der Waals surface area contributed by atoms with E-state index in [1.807, 2.05) is 36.1 Å². The molecule has 3 aromatic rings. The molecule has 0 radical (unpaired) electrons. The van der Waals surface area contributed by atoms with Crippen molar-refractivity contribution >= 4 is 17.6 Å². The lowest BCUT2D eigenvalue weighted by molar-refractivity contribution is -0.120. The summed E-state index contributed by atoms with van der Waals surface area (Å²) in [5, 5.41) is 5.79. The number of benzene rings is 1. The third kappa shape index (κ3) is 6.94. The molecule has 0 fully saturated rings. The van der Waals surface area contributed by atoms with Gasteiger partial charge in [0.2, 0.25) is 17.8 Å². The van der Waals surface area contributed by atoms with Crippen LogP contribution in [0.3, 0.4) is 0 Å². The van der Waals surface area contributed by atoms with Crippen molar-refractivity contribution in [2.45, 2.75) is 26.7 Å². The smallest absolute Gasteiger partial charge is 0.239 e. The van der Waals surface area contributed by atoms with Gasteiger partial charge >= 0.3 is 0 Å². The number of imidazole rings is 1. The molecule has 0 atom stereocenters. The topological polar surface area (TPSA) is 124 Å². The number of rotatable bonds is 11. The van der Waals surface area contributed by atoms with Crippen LogP contribution < -0.4 is 25.0 Å². The highest BCUT2D eigenvalue weighted by molar-refractivity contribution is 5.81. The molecule has 36 heavy (non-hydrogen) atoms. The Hall–Kier alpha value is -4.15. The predicted molar refractivity (Wildman–Crippen MR) is 134 cm³/mol. The van der Waals surface area contributed by atoms with Gasteiger partial charge in [-0.3, -0.25) is 14.2 Å². The van der Waals surface area contributed by atoms with E-state index in [4.69, 9.17) is 9.47 Å². The van der Waals surface area contributed by atoms with E-state index in [0.29, 0.717) is 57.5 Å². The van der Waals surface area contributed by atoms with Crippen LogP contribution in [-0.2, 0) is 16.0 Å². The number of nitrogens with zero attached hydrogens (tertiary/aromatic N) is 5. The van der Waals surface area contributed by atoms with Gasteiger partial charge in [0.25, 0.3) is 0 Å². The highest BCUT2D eigenvalue weighted by Gasteiger charge is 2.16. The van der Waals surface area contributed by atoms with Gasteiger partial charge in [0.05, 0.1) is 6.54 Å². The summed E-state index contributed by atoms with van der Waals surface area (Å²) in [5.74, 6) is 2.40. The first-order chi connectivity index (χ1) is 17.5. The van der Waals surface area contributed by atoms with Crippen molar-refractivity contribution in [1.82, 2.24) is 30.2 Å². The Bertz CT molecular complexity index is 1180. The van der Waals surface area contributed by atoms with Gasteiger partial charge in [-0.15, -0.1) is 0 Å². The maximum Gasteiger partial charge on any atom is 0.239 e. The quantitative estimate of drug-likeness (QED) is 0.385. The summed E-state index contributed by atoms with van der Waals surface area (Å²) in [7, 11) is 0. The van der Waals surface area contributed by atoms with Gasteiger partial charge in [0.1, 0.15) is 25.4 Å². The fraction of sp³-hybridized carbons (Fsp3) is 0.400. The van der Waals surface area contributed by atoms with Crippen LogP contribution in [0.1, 0.15) is 24.6 Å². The van der Waals surface area contributed by atoms with Gasteiger partial charge in [0, 0.05) is 50.7 Å². The normalized spacial score (nSPS) is 12.2. The van der Waals surface area contributed by atoms with Crippen LogP contribution in [0.5, 0.6) is 11.5 Å². The molecule has 0 saturated heterocycles. The molecule has 4 rings (SSSR count). The Balaban J connectivity index is 1.39. The fourth-order valence-electron chi connectivity index (χ4n) is 3.82. The zero-order chi connectivity index (χ0) is 25.3. The van der Waals surface area contributed by atoms with Crippen LogP contribution in [0.25, 0.3) is 5.95 Å². The second-order valence-electron chi connectivity index (χ2n) is 8.47. The second kappa shape index (κ2) is 12.0. The molecular weight excluding hydrogens is 462 g/mol. The zero-order valence-corrected chi connectivity index (χ0v) is 20.6. The number of fused-ring (bicyclic) bond motifs is 1. The van der Waals surface area contributed by atoms with E-state index in [-0.39, 0.29) is 18.4 Å². The molecule has 3 heterocycles. The Morgan fingerprint density at radius 2 is 1.92 bits per heavy atom. The van der Waals surface area contributed by atoms with Gasteiger partial charge < -0.3 is 25.0 Å². The van der Waals surface area contributed by atoms with Gasteiger partial charge in [-0.1, -0.05) is 6.07 Å². The minimum absolute atomic E-state index is 0.0845. The molecule has 0 spiro atoms. The first-order valence-corrected chi connectivity index (χ1v) is 12.0. The summed E-state index contributed by atoms with van der Waals surface area (Å²) < 4.78 is 12.9. The Labute approximate surface area is 209 Å². The molecule has 1 aliphatic heterocycles. The molecule has 2 aromatic heterocycles. The second-order valence-corrected chi connectivity index (χ2v) is 8.47. The minimum Gasteiger partial charge on any atom is -0.486 e. The lowest BCUT2D eigenvalue weighted by Gasteiger charge is -2.24. The molecule has 0 unspecified atom stereocenters. The van der Waals surface area contributed by atoms with Crippen LogP contribution in [0.2, 0.25) is 0 Å². The van der Waals surface area contributed by atoms with Crippen LogP contribution in [0.4, 0.5) is 5.82 Å². The first-order valence-electron chi connectivity index (χ1n) is 12.0.